The van der Waals surface area contributed by atoms with Crippen molar-refractivity contribution in [3.8, 4) is 0 Å². The lowest BCUT2D eigenvalue weighted by Gasteiger charge is -2.22. The predicted octanol–water partition coefficient (Wildman–Crippen LogP) is 2.55. The second-order valence-corrected chi connectivity index (χ2v) is 7.84. The summed E-state index contributed by atoms with van der Waals surface area (Å²) in [5.74, 6) is 0.372. The maximum absolute atomic E-state index is 12.0. The molecule has 0 spiro atoms. The minimum absolute atomic E-state index is 0.161. The van der Waals surface area contributed by atoms with E-state index in [1.807, 2.05) is 5.38 Å². The van der Waals surface area contributed by atoms with Crippen molar-refractivity contribution in [2.75, 3.05) is 12.3 Å². The molecule has 0 bridgehead atoms. The van der Waals surface area contributed by atoms with Crippen LogP contribution in [0.15, 0.2) is 16.8 Å². The molecule has 7 heteroatoms. The van der Waals surface area contributed by atoms with Crippen molar-refractivity contribution in [1.82, 2.24) is 10.6 Å². The quantitative estimate of drug-likeness (QED) is 0.875. The summed E-state index contributed by atoms with van der Waals surface area (Å²) in [5, 5.41) is 9.86. The Bertz CT molecular complexity index is 497. The molecule has 2 amide bonds. The molecule has 1 aromatic rings. The fourth-order valence-corrected chi connectivity index (χ4v) is 3.89. The van der Waals surface area contributed by atoms with Gasteiger partial charge in [0.1, 0.15) is 11.6 Å². The molecular weight excluding hydrogens is 308 g/mol. The Morgan fingerprint density at radius 1 is 1.48 bits per heavy atom. The normalized spacial score (nSPS) is 23.1. The van der Waals surface area contributed by atoms with Crippen molar-refractivity contribution in [1.29, 1.82) is 0 Å². The summed E-state index contributed by atoms with van der Waals surface area (Å²) >= 11 is 3.31. The van der Waals surface area contributed by atoms with Gasteiger partial charge in [-0.25, -0.2) is 4.79 Å². The summed E-state index contributed by atoms with van der Waals surface area (Å²) in [4.78, 5) is 23.8. The topological polar surface area (TPSA) is 67.4 Å². The molecule has 0 radical (unpaired) electrons. The van der Waals surface area contributed by atoms with E-state index in [0.29, 0.717) is 12.3 Å². The lowest BCUT2D eigenvalue weighted by Crippen LogP contribution is -2.48. The van der Waals surface area contributed by atoms with Crippen LogP contribution in [0.1, 0.15) is 31.6 Å². The Morgan fingerprint density at radius 2 is 2.24 bits per heavy atom. The highest BCUT2D eigenvalue weighted by Gasteiger charge is 2.29. The number of nitrogens with one attached hydrogen (secondary N) is 2. The third-order valence-electron chi connectivity index (χ3n) is 2.85. The first-order valence-electron chi connectivity index (χ1n) is 6.76. The van der Waals surface area contributed by atoms with Gasteiger partial charge in [0.25, 0.3) is 0 Å². The number of hydrogen-bond donors (Lipinski definition) is 2. The van der Waals surface area contributed by atoms with E-state index in [-0.39, 0.29) is 11.2 Å². The first-order chi connectivity index (χ1) is 9.85. The third kappa shape index (κ3) is 4.93. The second-order valence-electron chi connectivity index (χ2n) is 5.82. The molecule has 0 aromatic carbocycles. The Labute approximate surface area is 132 Å². The van der Waals surface area contributed by atoms with Gasteiger partial charge in [0.15, 0.2) is 0 Å². The second kappa shape index (κ2) is 6.70. The van der Waals surface area contributed by atoms with E-state index in [2.05, 4.69) is 22.1 Å². The van der Waals surface area contributed by atoms with Gasteiger partial charge in [-0.3, -0.25) is 4.79 Å². The molecule has 2 unspecified atom stereocenters. The van der Waals surface area contributed by atoms with E-state index in [0.717, 1.165) is 0 Å². The van der Waals surface area contributed by atoms with Crippen LogP contribution in [-0.4, -0.2) is 35.9 Å². The molecule has 1 fully saturated rings. The minimum Gasteiger partial charge on any atom is -0.444 e. The van der Waals surface area contributed by atoms with Crippen molar-refractivity contribution in [3.05, 3.63) is 22.4 Å². The van der Waals surface area contributed by atoms with Crippen LogP contribution in [0.2, 0.25) is 0 Å². The number of amides is 2. The van der Waals surface area contributed by atoms with E-state index >= 15 is 0 Å². The van der Waals surface area contributed by atoms with Gasteiger partial charge < -0.3 is 15.4 Å². The summed E-state index contributed by atoms with van der Waals surface area (Å²) in [6.07, 6.45) is -0.558. The molecule has 0 saturated carbocycles. The average Bonchev–Trinajstić information content (AvgIpc) is 2.82. The number of rotatable bonds is 2. The largest absolute Gasteiger partial charge is 0.444 e. The maximum atomic E-state index is 12.0. The van der Waals surface area contributed by atoms with E-state index in [1.165, 1.54) is 5.56 Å². The highest BCUT2D eigenvalue weighted by Crippen LogP contribution is 2.31. The van der Waals surface area contributed by atoms with E-state index in [9.17, 15) is 9.59 Å². The zero-order chi connectivity index (χ0) is 15.5. The molecule has 2 rings (SSSR count). The molecule has 5 nitrogen and oxygen atoms in total. The van der Waals surface area contributed by atoms with Gasteiger partial charge in [-0.1, -0.05) is 0 Å². The summed E-state index contributed by atoms with van der Waals surface area (Å²) < 4.78 is 5.19. The van der Waals surface area contributed by atoms with Crippen LogP contribution >= 0.6 is 23.1 Å². The van der Waals surface area contributed by atoms with Crippen molar-refractivity contribution in [2.24, 2.45) is 0 Å². The first kappa shape index (κ1) is 16.2. The van der Waals surface area contributed by atoms with Crippen LogP contribution in [0.5, 0.6) is 0 Å². The van der Waals surface area contributed by atoms with Crippen LogP contribution in [0, 0.1) is 0 Å². The highest BCUT2D eigenvalue weighted by atomic mass is 32.2. The van der Waals surface area contributed by atoms with E-state index in [4.69, 9.17) is 4.74 Å². The molecule has 1 aliphatic heterocycles. The van der Waals surface area contributed by atoms with E-state index in [1.54, 1.807) is 43.9 Å². The predicted molar refractivity (Wildman–Crippen MR) is 85.7 cm³/mol. The van der Waals surface area contributed by atoms with Gasteiger partial charge in [0, 0.05) is 17.5 Å². The zero-order valence-electron chi connectivity index (χ0n) is 12.3. The van der Waals surface area contributed by atoms with Crippen LogP contribution in [0.3, 0.4) is 0 Å². The Balaban J connectivity index is 1.93. The highest BCUT2D eigenvalue weighted by molar-refractivity contribution is 7.99. The molecule has 1 aliphatic rings. The summed E-state index contributed by atoms with van der Waals surface area (Å²) in [6.45, 7) is 5.95. The van der Waals surface area contributed by atoms with Gasteiger partial charge in [-0.15, -0.1) is 11.8 Å². The molecule has 2 heterocycles. The number of hydrogen-bond acceptors (Lipinski definition) is 5. The molecule has 0 aliphatic carbocycles. The Kier molecular flexibility index (Phi) is 5.16. The zero-order valence-corrected chi connectivity index (χ0v) is 14.0. The summed E-state index contributed by atoms with van der Waals surface area (Å²) in [7, 11) is 0. The number of carbonyl (C=O) groups is 2. The Hall–Kier alpha value is -1.21. The molecular formula is C14H20N2O3S2. The Morgan fingerprint density at radius 3 is 2.86 bits per heavy atom. The standard InChI is InChI=1S/C14H20N2O3S2/c1-14(2,3)19-13(18)16-10-8-21-11(6-15-12(10)17)9-4-5-20-7-9/h4-5,7,10-11H,6,8H2,1-3H3,(H,15,17)(H,16,18). The number of alkyl carbamates (subject to hydrolysis) is 1. The van der Waals surface area contributed by atoms with Crippen LogP contribution < -0.4 is 10.6 Å². The molecule has 2 N–H and O–H groups in total. The van der Waals surface area contributed by atoms with Gasteiger partial charge in [-0.05, 0) is 43.2 Å². The van der Waals surface area contributed by atoms with Gasteiger partial charge in [0.05, 0.1) is 0 Å². The lowest BCUT2D eigenvalue weighted by molar-refractivity contribution is -0.122. The molecule has 116 valence electrons. The minimum atomic E-state index is -0.572. The summed E-state index contributed by atoms with van der Waals surface area (Å²) in [6, 6.07) is 1.50. The van der Waals surface area contributed by atoms with Crippen molar-refractivity contribution >= 4 is 35.1 Å². The third-order valence-corrected chi connectivity index (χ3v) is 4.92. The van der Waals surface area contributed by atoms with Crippen molar-refractivity contribution in [3.63, 3.8) is 0 Å². The number of thioether (sulfide) groups is 1. The van der Waals surface area contributed by atoms with Crippen molar-refractivity contribution in [2.45, 2.75) is 37.7 Å². The van der Waals surface area contributed by atoms with Crippen molar-refractivity contribution < 1.29 is 14.3 Å². The molecule has 2 atom stereocenters. The van der Waals surface area contributed by atoms with Gasteiger partial charge in [-0.2, -0.15) is 11.3 Å². The SMILES string of the molecule is CC(C)(C)OC(=O)NC1CSC(c2ccsc2)CNC1=O. The van der Waals surface area contributed by atoms with Gasteiger partial charge >= 0.3 is 6.09 Å². The molecule has 1 saturated heterocycles. The molecule has 1 aromatic heterocycles. The number of ether oxygens (including phenoxy) is 1. The first-order valence-corrected chi connectivity index (χ1v) is 8.75. The number of thiophene rings is 1. The fourth-order valence-electron chi connectivity index (χ4n) is 1.89. The maximum Gasteiger partial charge on any atom is 0.408 e. The summed E-state index contributed by atoms with van der Waals surface area (Å²) in [5.41, 5.74) is 0.640. The van der Waals surface area contributed by atoms with Crippen LogP contribution in [-0.2, 0) is 9.53 Å². The van der Waals surface area contributed by atoms with E-state index < -0.39 is 17.7 Å². The van der Waals surface area contributed by atoms with Gasteiger partial charge in [0.2, 0.25) is 5.91 Å². The van der Waals surface area contributed by atoms with Crippen LogP contribution in [0.25, 0.3) is 0 Å². The van der Waals surface area contributed by atoms with Crippen LogP contribution in [0.4, 0.5) is 4.79 Å². The fraction of sp³-hybridized carbons (Fsp3) is 0.571. The molecule has 21 heavy (non-hydrogen) atoms. The number of carbonyl (C=O) groups excluding carboxylic acids is 2. The average molecular weight is 328 g/mol. The lowest BCUT2D eigenvalue weighted by atomic mass is 10.2. The smallest absolute Gasteiger partial charge is 0.408 e. The monoisotopic (exact) mass is 328 g/mol.